The first-order valence-electron chi connectivity index (χ1n) is 6.76. The second kappa shape index (κ2) is 8.56. The summed E-state index contributed by atoms with van der Waals surface area (Å²) in [6.45, 7) is 3.54. The third-order valence-electron chi connectivity index (χ3n) is 3.17. The maximum Gasteiger partial charge on any atom is 0.323 e. The molecule has 0 aliphatic heterocycles. The molecule has 1 aromatic rings. The van der Waals surface area contributed by atoms with Crippen LogP contribution >= 0.6 is 11.8 Å². The molecule has 1 aromatic carbocycles. The lowest BCUT2D eigenvalue weighted by molar-refractivity contribution is -0.144. The fraction of sp³-hybridized carbons (Fsp3) is 0.467. The number of amides is 1. The Morgan fingerprint density at radius 1 is 1.33 bits per heavy atom. The van der Waals surface area contributed by atoms with E-state index < -0.39 is 5.97 Å². The summed E-state index contributed by atoms with van der Waals surface area (Å²) < 4.78 is 5.07. The third-order valence-corrected chi connectivity index (χ3v) is 4.17. The van der Waals surface area contributed by atoms with Gasteiger partial charge in [-0.15, -0.1) is 11.8 Å². The third kappa shape index (κ3) is 5.67. The Hall–Kier alpha value is -1.69. The summed E-state index contributed by atoms with van der Waals surface area (Å²) in [5.74, 6) is -0.160. The van der Waals surface area contributed by atoms with Gasteiger partial charge in [0.25, 0.3) is 0 Å². The lowest BCUT2D eigenvalue weighted by Crippen LogP contribution is -2.42. The van der Waals surface area contributed by atoms with Gasteiger partial charge in [-0.3, -0.25) is 9.59 Å². The Labute approximate surface area is 129 Å². The van der Waals surface area contributed by atoms with Crippen molar-refractivity contribution in [2.24, 2.45) is 0 Å². The van der Waals surface area contributed by atoms with E-state index in [1.807, 2.05) is 38.1 Å². The Morgan fingerprint density at radius 3 is 2.43 bits per heavy atom. The quantitative estimate of drug-likeness (QED) is 0.747. The molecule has 1 N–H and O–H groups in total. The highest BCUT2D eigenvalue weighted by Gasteiger charge is 2.21. The molecule has 1 rings (SSSR count). The molecule has 0 saturated carbocycles. The highest BCUT2D eigenvalue weighted by Crippen LogP contribution is 2.22. The van der Waals surface area contributed by atoms with Crippen molar-refractivity contribution in [3.63, 3.8) is 0 Å². The Balaban J connectivity index is 2.61. The molecule has 0 heterocycles. The first-order valence-corrected chi connectivity index (χ1v) is 7.74. The number of carboxylic acid groups (broad SMARTS) is 1. The minimum atomic E-state index is -0.988. The van der Waals surface area contributed by atoms with E-state index in [9.17, 15) is 9.59 Å². The fourth-order valence-corrected chi connectivity index (χ4v) is 2.54. The summed E-state index contributed by atoms with van der Waals surface area (Å²) in [5.41, 5.74) is 0. The van der Waals surface area contributed by atoms with Gasteiger partial charge in [-0.1, -0.05) is 6.92 Å². The molecule has 1 amide bonds. The Morgan fingerprint density at radius 2 is 1.95 bits per heavy atom. The summed E-state index contributed by atoms with van der Waals surface area (Å²) >= 11 is 1.39. The lowest BCUT2D eigenvalue weighted by atomic mass is 10.2. The van der Waals surface area contributed by atoms with Crippen molar-refractivity contribution in [1.29, 1.82) is 0 Å². The molecule has 0 aliphatic rings. The van der Waals surface area contributed by atoms with Gasteiger partial charge in [0.15, 0.2) is 0 Å². The summed E-state index contributed by atoms with van der Waals surface area (Å²) in [5, 5.41) is 8.91. The molecule has 1 atom stereocenters. The normalized spacial score (nSPS) is 11.8. The molecule has 21 heavy (non-hydrogen) atoms. The molecule has 0 saturated heterocycles. The van der Waals surface area contributed by atoms with Crippen molar-refractivity contribution in [3.8, 4) is 5.75 Å². The van der Waals surface area contributed by atoms with Crippen molar-refractivity contribution >= 4 is 23.6 Å². The number of thioether (sulfide) groups is 1. The van der Waals surface area contributed by atoms with Gasteiger partial charge in [0, 0.05) is 10.9 Å². The number of benzene rings is 1. The van der Waals surface area contributed by atoms with Gasteiger partial charge in [0.1, 0.15) is 12.3 Å². The van der Waals surface area contributed by atoms with Gasteiger partial charge in [0.2, 0.25) is 5.91 Å². The van der Waals surface area contributed by atoms with Crippen molar-refractivity contribution in [2.45, 2.75) is 31.2 Å². The van der Waals surface area contributed by atoms with Crippen LogP contribution in [-0.2, 0) is 9.59 Å². The zero-order valence-electron chi connectivity index (χ0n) is 12.5. The van der Waals surface area contributed by atoms with Gasteiger partial charge in [-0.05, 0) is 37.6 Å². The number of carbonyl (C=O) groups excluding carboxylic acids is 1. The standard InChI is InChI=1S/C15H21NO4S/c1-4-11(2)16(9-15(18)19)14(17)10-21-13-7-5-12(20-3)6-8-13/h5-8,11H,4,9-10H2,1-3H3,(H,18,19). The molecule has 116 valence electrons. The van der Waals surface area contributed by atoms with Crippen LogP contribution in [0.2, 0.25) is 0 Å². The maximum atomic E-state index is 12.2. The Bertz CT molecular complexity index is 475. The predicted molar refractivity (Wildman–Crippen MR) is 82.8 cm³/mol. The number of rotatable bonds is 8. The zero-order chi connectivity index (χ0) is 15.8. The molecule has 0 bridgehead atoms. The number of hydrogen-bond acceptors (Lipinski definition) is 4. The largest absolute Gasteiger partial charge is 0.497 e. The number of ether oxygens (including phenoxy) is 1. The number of aliphatic carboxylic acids is 1. The van der Waals surface area contributed by atoms with Gasteiger partial charge in [-0.25, -0.2) is 0 Å². The van der Waals surface area contributed by atoms with Gasteiger partial charge >= 0.3 is 5.97 Å². The first kappa shape index (κ1) is 17.4. The SMILES string of the molecule is CCC(C)N(CC(=O)O)C(=O)CSc1ccc(OC)cc1. The van der Waals surface area contributed by atoms with Gasteiger partial charge in [0.05, 0.1) is 12.9 Å². The number of carbonyl (C=O) groups is 2. The minimum absolute atomic E-state index is 0.0786. The fourth-order valence-electron chi connectivity index (χ4n) is 1.76. The molecule has 0 aliphatic carbocycles. The number of hydrogen-bond donors (Lipinski definition) is 1. The molecular weight excluding hydrogens is 290 g/mol. The van der Waals surface area contributed by atoms with Crippen molar-refractivity contribution in [1.82, 2.24) is 4.90 Å². The number of carboxylic acids is 1. The smallest absolute Gasteiger partial charge is 0.323 e. The Kier molecular flexibility index (Phi) is 7.08. The highest BCUT2D eigenvalue weighted by molar-refractivity contribution is 8.00. The first-order chi connectivity index (χ1) is 9.97. The van der Waals surface area contributed by atoms with Crippen LogP contribution in [0.5, 0.6) is 5.75 Å². The van der Waals surface area contributed by atoms with E-state index >= 15 is 0 Å². The summed E-state index contributed by atoms with van der Waals surface area (Å²) in [4.78, 5) is 25.4. The second-order valence-corrected chi connectivity index (χ2v) is 5.69. The second-order valence-electron chi connectivity index (χ2n) is 4.64. The monoisotopic (exact) mass is 311 g/mol. The highest BCUT2D eigenvalue weighted by atomic mass is 32.2. The van der Waals surface area contributed by atoms with E-state index in [-0.39, 0.29) is 24.2 Å². The molecule has 0 aromatic heterocycles. The van der Waals surface area contributed by atoms with Crippen LogP contribution in [0.4, 0.5) is 0 Å². The molecule has 6 heteroatoms. The predicted octanol–water partition coefficient (Wildman–Crippen LogP) is 2.50. The topological polar surface area (TPSA) is 66.8 Å². The summed E-state index contributed by atoms with van der Waals surface area (Å²) in [6.07, 6.45) is 0.728. The molecule has 0 spiro atoms. The van der Waals surface area contributed by atoms with Crippen LogP contribution in [0.15, 0.2) is 29.2 Å². The van der Waals surface area contributed by atoms with Gasteiger partial charge in [-0.2, -0.15) is 0 Å². The van der Waals surface area contributed by atoms with E-state index in [0.29, 0.717) is 0 Å². The van der Waals surface area contributed by atoms with Crippen LogP contribution in [0.25, 0.3) is 0 Å². The van der Waals surface area contributed by atoms with Crippen molar-refractivity contribution in [3.05, 3.63) is 24.3 Å². The van der Waals surface area contributed by atoms with E-state index in [2.05, 4.69) is 0 Å². The van der Waals surface area contributed by atoms with Crippen LogP contribution in [0.3, 0.4) is 0 Å². The van der Waals surface area contributed by atoms with E-state index in [4.69, 9.17) is 9.84 Å². The molecule has 0 fully saturated rings. The number of methoxy groups -OCH3 is 1. The van der Waals surface area contributed by atoms with Crippen LogP contribution in [-0.4, -0.2) is 47.3 Å². The average Bonchev–Trinajstić information content (AvgIpc) is 2.49. The summed E-state index contributed by atoms with van der Waals surface area (Å²) in [6, 6.07) is 7.33. The van der Waals surface area contributed by atoms with Crippen LogP contribution < -0.4 is 4.74 Å². The number of nitrogens with zero attached hydrogens (tertiary/aromatic N) is 1. The lowest BCUT2D eigenvalue weighted by Gasteiger charge is -2.26. The molecule has 5 nitrogen and oxygen atoms in total. The average molecular weight is 311 g/mol. The van der Waals surface area contributed by atoms with E-state index in [1.165, 1.54) is 16.7 Å². The minimum Gasteiger partial charge on any atom is -0.497 e. The zero-order valence-corrected chi connectivity index (χ0v) is 13.4. The van der Waals surface area contributed by atoms with Crippen LogP contribution in [0.1, 0.15) is 20.3 Å². The van der Waals surface area contributed by atoms with Crippen LogP contribution in [0, 0.1) is 0 Å². The molecular formula is C15H21NO4S. The van der Waals surface area contributed by atoms with Gasteiger partial charge < -0.3 is 14.7 Å². The van der Waals surface area contributed by atoms with E-state index in [1.54, 1.807) is 7.11 Å². The van der Waals surface area contributed by atoms with Crippen molar-refractivity contribution < 1.29 is 19.4 Å². The maximum absolute atomic E-state index is 12.2. The van der Waals surface area contributed by atoms with E-state index in [0.717, 1.165) is 17.1 Å². The summed E-state index contributed by atoms with van der Waals surface area (Å²) in [7, 11) is 1.60. The molecule has 0 radical (unpaired) electrons. The van der Waals surface area contributed by atoms with Crippen molar-refractivity contribution in [2.75, 3.05) is 19.4 Å². The molecule has 1 unspecified atom stereocenters.